The van der Waals surface area contributed by atoms with E-state index in [1.165, 1.54) is 10.9 Å². The predicted molar refractivity (Wildman–Crippen MR) is 43.9 cm³/mol. The summed E-state index contributed by atoms with van der Waals surface area (Å²) in [5.74, 6) is 0. The maximum Gasteiger partial charge on any atom is 0.271 e. The van der Waals surface area contributed by atoms with Gasteiger partial charge in [0.2, 0.25) is 0 Å². The molecule has 0 aliphatic carbocycles. The van der Waals surface area contributed by atoms with Crippen LogP contribution >= 0.6 is 11.6 Å². The summed E-state index contributed by atoms with van der Waals surface area (Å²) in [5.41, 5.74) is 0.518. The summed E-state index contributed by atoms with van der Waals surface area (Å²) in [5, 5.41) is 4.21. The van der Waals surface area contributed by atoms with Crippen molar-refractivity contribution in [3.05, 3.63) is 27.1 Å². The van der Waals surface area contributed by atoms with Crippen LogP contribution in [0, 0.1) is 0 Å². The van der Waals surface area contributed by atoms with Crippen LogP contribution in [0.1, 0.15) is 12.5 Å². The molecule has 0 saturated heterocycles. The molecule has 0 bridgehead atoms. The predicted octanol–water partition coefficient (Wildman–Crippen LogP) is 0.996. The fraction of sp³-hybridized carbons (Fsp3) is 0.429. The standard InChI is InChI=1S/C7H9ClN2O/c1-3-5-6(8)4-9-10(2)7(5)11/h4H,3H2,1-2H3. The van der Waals surface area contributed by atoms with Gasteiger partial charge in [0, 0.05) is 12.6 Å². The molecule has 0 unspecified atom stereocenters. The Morgan fingerprint density at radius 2 is 2.36 bits per heavy atom. The maximum atomic E-state index is 11.2. The van der Waals surface area contributed by atoms with Crippen LogP contribution in [0.25, 0.3) is 0 Å². The van der Waals surface area contributed by atoms with Crippen LogP contribution in [0.5, 0.6) is 0 Å². The van der Waals surface area contributed by atoms with Gasteiger partial charge >= 0.3 is 0 Å². The van der Waals surface area contributed by atoms with Crippen molar-refractivity contribution in [3.8, 4) is 0 Å². The van der Waals surface area contributed by atoms with Crippen molar-refractivity contribution in [2.24, 2.45) is 7.05 Å². The first kappa shape index (κ1) is 8.27. The molecule has 3 nitrogen and oxygen atoms in total. The molecule has 1 rings (SSSR count). The van der Waals surface area contributed by atoms with E-state index in [2.05, 4.69) is 5.10 Å². The number of nitrogens with zero attached hydrogens (tertiary/aromatic N) is 2. The summed E-state index contributed by atoms with van der Waals surface area (Å²) in [6.45, 7) is 1.89. The van der Waals surface area contributed by atoms with Crippen molar-refractivity contribution in [2.75, 3.05) is 0 Å². The Bertz CT molecular complexity index is 319. The highest BCUT2D eigenvalue weighted by atomic mass is 35.5. The zero-order valence-electron chi connectivity index (χ0n) is 6.47. The Kier molecular flexibility index (Phi) is 2.29. The topological polar surface area (TPSA) is 34.9 Å². The first-order valence-corrected chi connectivity index (χ1v) is 3.75. The minimum Gasteiger partial charge on any atom is -0.267 e. The largest absolute Gasteiger partial charge is 0.271 e. The van der Waals surface area contributed by atoms with Gasteiger partial charge in [0.05, 0.1) is 11.2 Å². The third-order valence-corrected chi connectivity index (χ3v) is 1.86. The summed E-state index contributed by atoms with van der Waals surface area (Å²) in [4.78, 5) is 11.2. The summed E-state index contributed by atoms with van der Waals surface area (Å²) in [6.07, 6.45) is 2.13. The summed E-state index contributed by atoms with van der Waals surface area (Å²) < 4.78 is 1.28. The lowest BCUT2D eigenvalue weighted by Gasteiger charge is -2.00. The van der Waals surface area contributed by atoms with E-state index < -0.39 is 0 Å². The van der Waals surface area contributed by atoms with E-state index in [-0.39, 0.29) is 5.56 Å². The van der Waals surface area contributed by atoms with Gasteiger partial charge in [0.25, 0.3) is 5.56 Å². The van der Waals surface area contributed by atoms with Crippen LogP contribution in [0.2, 0.25) is 5.02 Å². The molecule has 0 radical (unpaired) electrons. The second kappa shape index (κ2) is 3.05. The van der Waals surface area contributed by atoms with Crippen molar-refractivity contribution in [1.82, 2.24) is 9.78 Å². The molecule has 60 valence electrons. The van der Waals surface area contributed by atoms with E-state index in [0.717, 1.165) is 0 Å². The zero-order chi connectivity index (χ0) is 8.43. The van der Waals surface area contributed by atoms with Crippen LogP contribution in [0.3, 0.4) is 0 Å². The lowest BCUT2D eigenvalue weighted by Crippen LogP contribution is -2.22. The molecule has 11 heavy (non-hydrogen) atoms. The molecule has 0 aromatic carbocycles. The fourth-order valence-electron chi connectivity index (χ4n) is 0.885. The van der Waals surface area contributed by atoms with Crippen LogP contribution in [0.4, 0.5) is 0 Å². The molecule has 0 N–H and O–H groups in total. The van der Waals surface area contributed by atoms with Crippen LogP contribution in [-0.4, -0.2) is 9.78 Å². The van der Waals surface area contributed by atoms with Crippen molar-refractivity contribution >= 4 is 11.6 Å². The number of rotatable bonds is 1. The molecule has 4 heteroatoms. The SMILES string of the molecule is CCc1c(Cl)cnn(C)c1=O. The average Bonchev–Trinajstić information content (AvgIpc) is 1.99. The highest BCUT2D eigenvalue weighted by Crippen LogP contribution is 2.08. The van der Waals surface area contributed by atoms with Crippen molar-refractivity contribution in [1.29, 1.82) is 0 Å². The van der Waals surface area contributed by atoms with E-state index in [0.29, 0.717) is 17.0 Å². The molecule has 0 fully saturated rings. The highest BCUT2D eigenvalue weighted by molar-refractivity contribution is 6.31. The van der Waals surface area contributed by atoms with Crippen LogP contribution in [0.15, 0.2) is 11.0 Å². The lowest BCUT2D eigenvalue weighted by atomic mass is 10.2. The molecule has 1 aromatic heterocycles. The monoisotopic (exact) mass is 172 g/mol. The Hall–Kier alpha value is -0.830. The van der Waals surface area contributed by atoms with Gasteiger partial charge in [0.1, 0.15) is 0 Å². The molecule has 1 heterocycles. The second-order valence-corrected chi connectivity index (χ2v) is 2.66. The zero-order valence-corrected chi connectivity index (χ0v) is 7.22. The summed E-state index contributed by atoms with van der Waals surface area (Å²) >= 11 is 5.73. The maximum absolute atomic E-state index is 11.2. The number of hydrogen-bond acceptors (Lipinski definition) is 2. The number of hydrogen-bond donors (Lipinski definition) is 0. The molecule has 0 amide bonds. The smallest absolute Gasteiger partial charge is 0.267 e. The van der Waals surface area contributed by atoms with E-state index >= 15 is 0 Å². The van der Waals surface area contributed by atoms with Crippen LogP contribution in [-0.2, 0) is 13.5 Å². The second-order valence-electron chi connectivity index (χ2n) is 2.25. The lowest BCUT2D eigenvalue weighted by molar-refractivity contribution is 0.694. The van der Waals surface area contributed by atoms with Gasteiger partial charge in [0.15, 0.2) is 0 Å². The molecular weight excluding hydrogens is 164 g/mol. The van der Waals surface area contributed by atoms with Crippen LogP contribution < -0.4 is 5.56 Å². The Morgan fingerprint density at radius 3 is 2.82 bits per heavy atom. The van der Waals surface area contributed by atoms with Gasteiger partial charge in [-0.05, 0) is 6.42 Å². The molecule has 0 aliphatic heterocycles. The van der Waals surface area contributed by atoms with E-state index in [1.807, 2.05) is 6.92 Å². The first-order valence-electron chi connectivity index (χ1n) is 3.37. The van der Waals surface area contributed by atoms with Gasteiger partial charge in [-0.3, -0.25) is 4.79 Å². The Morgan fingerprint density at radius 1 is 1.73 bits per heavy atom. The van der Waals surface area contributed by atoms with E-state index in [4.69, 9.17) is 11.6 Å². The number of halogens is 1. The van der Waals surface area contributed by atoms with Crippen molar-refractivity contribution in [3.63, 3.8) is 0 Å². The first-order chi connectivity index (χ1) is 5.16. The molecule has 0 aliphatic rings. The average molecular weight is 173 g/mol. The fourth-order valence-corrected chi connectivity index (χ4v) is 1.14. The quantitative estimate of drug-likeness (QED) is 0.634. The molecule has 1 aromatic rings. The summed E-state index contributed by atoms with van der Waals surface area (Å²) in [7, 11) is 1.61. The van der Waals surface area contributed by atoms with Gasteiger partial charge in [-0.25, -0.2) is 4.68 Å². The molecule has 0 saturated carbocycles. The number of aromatic nitrogens is 2. The Labute approximate surface area is 69.6 Å². The Balaban J connectivity index is 3.41. The normalized spacial score (nSPS) is 10.1. The van der Waals surface area contributed by atoms with Crippen molar-refractivity contribution in [2.45, 2.75) is 13.3 Å². The third-order valence-electron chi connectivity index (χ3n) is 1.54. The van der Waals surface area contributed by atoms with E-state index in [9.17, 15) is 4.79 Å². The summed E-state index contributed by atoms with van der Waals surface area (Å²) in [6, 6.07) is 0. The van der Waals surface area contributed by atoms with Gasteiger partial charge in [-0.1, -0.05) is 18.5 Å². The van der Waals surface area contributed by atoms with Crippen molar-refractivity contribution < 1.29 is 0 Å². The molecule has 0 atom stereocenters. The minimum absolute atomic E-state index is 0.111. The minimum atomic E-state index is -0.111. The van der Waals surface area contributed by atoms with E-state index in [1.54, 1.807) is 7.05 Å². The molecule has 0 spiro atoms. The molecular formula is C7H9ClN2O. The number of aryl methyl sites for hydroxylation is 1. The van der Waals surface area contributed by atoms with Gasteiger partial charge < -0.3 is 0 Å². The highest BCUT2D eigenvalue weighted by Gasteiger charge is 2.04. The van der Waals surface area contributed by atoms with Gasteiger partial charge in [-0.15, -0.1) is 0 Å². The third kappa shape index (κ3) is 1.43. The van der Waals surface area contributed by atoms with Gasteiger partial charge in [-0.2, -0.15) is 5.10 Å².